The molecule has 4 rings (SSSR count). The third kappa shape index (κ3) is 4.07. The van der Waals surface area contributed by atoms with Crippen molar-refractivity contribution in [3.63, 3.8) is 0 Å². The molecule has 0 saturated carbocycles. The van der Waals surface area contributed by atoms with E-state index in [1.807, 2.05) is 0 Å². The maximum absolute atomic E-state index is 14.8. The molecule has 2 atom stereocenters. The second-order valence-electron chi connectivity index (χ2n) is 8.71. The minimum Gasteiger partial charge on any atom is -0.386 e. The third-order valence-corrected chi connectivity index (χ3v) is 7.51. The van der Waals surface area contributed by atoms with Gasteiger partial charge in [-0.05, 0) is 92.3 Å². The first kappa shape index (κ1) is 22.1. The lowest BCUT2D eigenvalue weighted by atomic mass is 9.98. The Balaban J connectivity index is 1.71. The molecule has 2 aromatic rings. The lowest BCUT2D eigenvalue weighted by Crippen LogP contribution is -2.25. The quantitative estimate of drug-likeness (QED) is 0.523. The molecule has 1 unspecified atom stereocenters. The fourth-order valence-corrected chi connectivity index (χ4v) is 5.64. The molecule has 0 saturated heterocycles. The first-order valence-corrected chi connectivity index (χ1v) is 11.9. The van der Waals surface area contributed by atoms with Crippen LogP contribution in [0.25, 0.3) is 0 Å². The minimum atomic E-state index is -3.83. The number of fused-ring (bicyclic) bond motifs is 2. The second kappa shape index (κ2) is 7.81. The van der Waals surface area contributed by atoms with Crippen LogP contribution in [0.3, 0.4) is 0 Å². The van der Waals surface area contributed by atoms with Gasteiger partial charge in [-0.1, -0.05) is 6.07 Å². The first-order chi connectivity index (χ1) is 14.5. The van der Waals surface area contributed by atoms with Gasteiger partial charge in [0.05, 0.1) is 10.5 Å². The van der Waals surface area contributed by atoms with E-state index in [1.165, 1.54) is 26.0 Å². The molecule has 0 bridgehead atoms. The maximum Gasteiger partial charge on any atom is 0.233 e. The highest BCUT2D eigenvalue weighted by Gasteiger charge is 2.30. The van der Waals surface area contributed by atoms with Crippen molar-refractivity contribution in [1.82, 2.24) is 0 Å². The van der Waals surface area contributed by atoms with Crippen LogP contribution in [0.2, 0.25) is 0 Å². The molecule has 0 aromatic heterocycles. The molecule has 6 nitrogen and oxygen atoms in total. The Morgan fingerprint density at radius 2 is 1.65 bits per heavy atom. The average molecular weight is 452 g/mol. The summed E-state index contributed by atoms with van der Waals surface area (Å²) in [6.07, 6.45) is 2.59. The summed E-state index contributed by atoms with van der Waals surface area (Å²) in [5, 5.41) is 29.4. The Kier molecular flexibility index (Phi) is 5.58. The van der Waals surface area contributed by atoms with Crippen LogP contribution in [-0.2, 0) is 41.2 Å². The fourth-order valence-electron chi connectivity index (χ4n) is 4.53. The van der Waals surface area contributed by atoms with E-state index in [0.717, 1.165) is 30.0 Å². The highest BCUT2D eigenvalue weighted by molar-refractivity contribution is 7.91. The monoisotopic (exact) mass is 451 g/mol. The Morgan fingerprint density at radius 1 is 1.10 bits per heavy atom. The number of nitrogens with zero attached hydrogens (tertiary/aromatic N) is 1. The molecule has 0 aliphatic heterocycles. The predicted octanol–water partition coefficient (Wildman–Crippen LogP) is 3.26. The number of benzene rings is 2. The Morgan fingerprint density at radius 3 is 2.19 bits per heavy atom. The van der Waals surface area contributed by atoms with Crippen molar-refractivity contribution >= 4 is 15.6 Å². The molecule has 0 heterocycles. The van der Waals surface area contributed by atoms with Gasteiger partial charge in [0.25, 0.3) is 0 Å². The van der Waals surface area contributed by atoms with Gasteiger partial charge >= 0.3 is 0 Å². The van der Waals surface area contributed by atoms with Gasteiger partial charge in [-0.2, -0.15) is 4.36 Å². The molecule has 0 fully saturated rings. The molecule has 5 N–H and O–H groups in total. The van der Waals surface area contributed by atoms with Crippen LogP contribution in [0, 0.1) is 11.6 Å². The molecule has 31 heavy (non-hydrogen) atoms. The summed E-state index contributed by atoms with van der Waals surface area (Å²) in [7, 11) is -3.83. The van der Waals surface area contributed by atoms with E-state index in [2.05, 4.69) is 9.68 Å². The molecule has 9 heteroatoms. The lowest BCUT2D eigenvalue weighted by Gasteiger charge is -2.21. The average Bonchev–Trinajstić information content (AvgIpc) is 3.34. The summed E-state index contributed by atoms with van der Waals surface area (Å²) >= 11 is 0. The number of hydrogen-bond donors (Lipinski definition) is 4. The van der Waals surface area contributed by atoms with Crippen LogP contribution < -0.4 is 10.5 Å². The maximum atomic E-state index is 14.8. The lowest BCUT2D eigenvalue weighted by molar-refractivity contribution is 0.0782. The van der Waals surface area contributed by atoms with Gasteiger partial charge in [0.1, 0.15) is 21.5 Å². The number of halogens is 2. The summed E-state index contributed by atoms with van der Waals surface area (Å²) in [5.74, 6) is -0.995. The largest absolute Gasteiger partial charge is 0.386 e. The second-order valence-corrected chi connectivity index (χ2v) is 10.5. The van der Waals surface area contributed by atoms with Gasteiger partial charge in [0.15, 0.2) is 0 Å². The van der Waals surface area contributed by atoms with E-state index < -0.39 is 32.6 Å². The summed E-state index contributed by atoms with van der Waals surface area (Å²) in [6.45, 7) is 3.01. The van der Waals surface area contributed by atoms with E-state index in [1.54, 1.807) is 0 Å². The van der Waals surface area contributed by atoms with Crippen LogP contribution in [0.5, 0.6) is 0 Å². The number of nitrogens with one attached hydrogen (secondary N) is 1. The summed E-state index contributed by atoms with van der Waals surface area (Å²) < 4.78 is 46.0. The molecule has 2 aliphatic rings. The van der Waals surface area contributed by atoms with E-state index >= 15 is 0 Å². The van der Waals surface area contributed by atoms with Crippen molar-refractivity contribution in [3.05, 3.63) is 57.7 Å². The highest BCUT2D eigenvalue weighted by atomic mass is 32.2. The zero-order valence-electron chi connectivity index (χ0n) is 17.5. The molecular weight excluding hydrogens is 424 g/mol. The number of nitrogens with two attached hydrogens (primary N) is 1. The summed E-state index contributed by atoms with van der Waals surface area (Å²) in [6, 6.07) is 3.62. The van der Waals surface area contributed by atoms with Crippen molar-refractivity contribution in [2.45, 2.75) is 69.2 Å². The van der Waals surface area contributed by atoms with Gasteiger partial charge in [-0.3, -0.25) is 0 Å². The molecule has 168 valence electrons. The Hall–Kier alpha value is -2.07. The summed E-state index contributed by atoms with van der Waals surface area (Å²) in [4.78, 5) is -0.400. The van der Waals surface area contributed by atoms with Gasteiger partial charge in [0, 0.05) is 5.69 Å². The zero-order valence-corrected chi connectivity index (χ0v) is 18.4. The highest BCUT2D eigenvalue weighted by Crippen LogP contribution is 2.41. The predicted molar refractivity (Wildman–Crippen MR) is 115 cm³/mol. The number of anilines is 1. The van der Waals surface area contributed by atoms with E-state index in [4.69, 9.17) is 5.14 Å². The Labute approximate surface area is 180 Å². The van der Waals surface area contributed by atoms with Crippen LogP contribution in [0.15, 0.2) is 27.5 Å². The van der Waals surface area contributed by atoms with Crippen molar-refractivity contribution in [3.8, 4) is 0 Å². The fraction of sp³-hybridized carbons (Fsp3) is 0.455. The van der Waals surface area contributed by atoms with Gasteiger partial charge in [0.2, 0.25) is 6.35 Å². The Bertz CT molecular complexity index is 1130. The van der Waals surface area contributed by atoms with Crippen molar-refractivity contribution in [2.75, 3.05) is 5.32 Å². The normalized spacial score (nSPS) is 18.3. The van der Waals surface area contributed by atoms with Gasteiger partial charge in [-0.15, -0.1) is 0 Å². The van der Waals surface area contributed by atoms with Crippen LogP contribution in [0.4, 0.5) is 14.5 Å². The minimum absolute atomic E-state index is 0.148. The molecule has 2 aromatic carbocycles. The molecule has 0 spiro atoms. The molecule has 2 aliphatic carbocycles. The third-order valence-electron chi connectivity index (χ3n) is 6.05. The number of rotatable bonds is 5. The number of aliphatic hydroxyl groups excluding tert-OH is 1. The summed E-state index contributed by atoms with van der Waals surface area (Å²) in [5.41, 5.74) is 2.58. The van der Waals surface area contributed by atoms with E-state index in [9.17, 15) is 23.2 Å². The number of hydrogen-bond acceptors (Lipinski definition) is 5. The van der Waals surface area contributed by atoms with Crippen LogP contribution in [-0.4, -0.2) is 20.8 Å². The van der Waals surface area contributed by atoms with Crippen molar-refractivity contribution < 1.29 is 23.2 Å². The van der Waals surface area contributed by atoms with Crippen molar-refractivity contribution in [2.24, 2.45) is 9.50 Å². The van der Waals surface area contributed by atoms with Crippen LogP contribution in [0.1, 0.15) is 54.5 Å². The number of aliphatic hydroxyl groups is 2. The topological polar surface area (TPSA) is 108 Å². The first-order valence-electron chi connectivity index (χ1n) is 10.3. The zero-order chi connectivity index (χ0) is 22.6. The van der Waals surface area contributed by atoms with Gasteiger partial charge in [-0.25, -0.2) is 18.1 Å². The van der Waals surface area contributed by atoms with Crippen molar-refractivity contribution in [1.29, 1.82) is 0 Å². The standard InChI is InChI=1S/C22H27F2N3O3S/c1-22(2,29)12-9-10-17(23)18(11-12)31(25,30)27-21(28)26-20-15-7-3-5-13(15)19(24)14-6-4-8-16(14)20/h9-11,21,26,28-29H,3-8H2,1-2H3,(H2,25,27,30)/t21?,31-/m1/s1. The van der Waals surface area contributed by atoms with Gasteiger partial charge < -0.3 is 15.5 Å². The molecule has 0 radical (unpaired) electrons. The molecule has 0 amide bonds. The SMILES string of the molecule is CC(C)(O)c1ccc(F)c([S@](N)(=O)=NC(O)Nc2c3c(c(F)c4c2CCC4)CCC3)c1. The van der Waals surface area contributed by atoms with Crippen LogP contribution >= 0.6 is 0 Å². The molecular formula is C22H27F2N3O3S. The van der Waals surface area contributed by atoms with E-state index in [0.29, 0.717) is 48.1 Å². The van der Waals surface area contributed by atoms with E-state index in [-0.39, 0.29) is 5.82 Å². The smallest absolute Gasteiger partial charge is 0.233 e.